The van der Waals surface area contributed by atoms with E-state index in [0.717, 1.165) is 7.69 Å². The van der Waals surface area contributed by atoms with Gasteiger partial charge in [-0.15, -0.1) is 0 Å². The van der Waals surface area contributed by atoms with Gasteiger partial charge in [0, 0.05) is 0 Å². The topological polar surface area (TPSA) is 30.2 Å². The summed E-state index contributed by atoms with van der Waals surface area (Å²) in [5.74, 6) is 0. The minimum absolute atomic E-state index is 0.363. The van der Waals surface area contributed by atoms with Crippen molar-refractivity contribution in [1.29, 1.82) is 0 Å². The van der Waals surface area contributed by atoms with Gasteiger partial charge in [0.25, 0.3) is 0 Å². The SMILES string of the molecule is O=[C]1C=C[CH2][In]1[c]1ccco1. The van der Waals surface area contributed by atoms with Crippen LogP contribution in [0.3, 0.4) is 0 Å². The number of carbonyl (C=O) groups excluding carboxylic acids is 1. The van der Waals surface area contributed by atoms with E-state index in [2.05, 4.69) is 0 Å². The fourth-order valence-electron chi connectivity index (χ4n) is 1.30. The molecule has 1 aromatic heterocycles. The second-order valence-electron chi connectivity index (χ2n) is 2.61. The molecule has 1 aromatic rings. The first-order chi connectivity index (χ1) is 5.38. The molecule has 2 rings (SSSR count). The molecular weight excluding hydrogens is 243 g/mol. The first-order valence-corrected chi connectivity index (χ1v) is 9.24. The zero-order valence-corrected chi connectivity index (χ0v) is 9.28. The fraction of sp³-hybridized carbons (Fsp3) is 0.125. The monoisotopic (exact) mass is 250 g/mol. The quantitative estimate of drug-likeness (QED) is 0.732. The molecule has 11 heavy (non-hydrogen) atoms. The van der Waals surface area contributed by atoms with Crippen LogP contribution in [-0.4, -0.2) is 25.0 Å². The van der Waals surface area contributed by atoms with Crippen LogP contribution in [0.15, 0.2) is 35.0 Å². The molecule has 0 fully saturated rings. The van der Waals surface area contributed by atoms with E-state index in [1.165, 1.54) is 0 Å². The van der Waals surface area contributed by atoms with Crippen LogP contribution >= 0.6 is 0 Å². The Labute approximate surface area is 72.4 Å². The molecule has 0 saturated carbocycles. The molecule has 2 nitrogen and oxygen atoms in total. The Morgan fingerprint density at radius 3 is 3.00 bits per heavy atom. The van der Waals surface area contributed by atoms with Gasteiger partial charge in [-0.05, 0) is 0 Å². The van der Waals surface area contributed by atoms with Crippen molar-refractivity contribution in [2.75, 3.05) is 0 Å². The molecule has 0 spiro atoms. The summed E-state index contributed by atoms with van der Waals surface area (Å²) in [5.41, 5.74) is 0. The molecule has 1 aliphatic heterocycles. The minimum atomic E-state index is -2.09. The average molecular weight is 250 g/mol. The molecule has 0 amide bonds. The summed E-state index contributed by atoms with van der Waals surface area (Å²) in [4.78, 5) is 11.2. The summed E-state index contributed by atoms with van der Waals surface area (Å²) < 4.78 is 7.56. The van der Waals surface area contributed by atoms with Crippen LogP contribution in [0.4, 0.5) is 0 Å². The van der Waals surface area contributed by atoms with Crippen LogP contribution in [0.1, 0.15) is 0 Å². The summed E-state index contributed by atoms with van der Waals surface area (Å²) >= 11 is -2.09. The summed E-state index contributed by atoms with van der Waals surface area (Å²) in [6.45, 7) is 0. The number of hydrogen-bond acceptors (Lipinski definition) is 2. The summed E-state index contributed by atoms with van der Waals surface area (Å²) in [5, 5.41) is 0. The van der Waals surface area contributed by atoms with Crippen LogP contribution in [0.2, 0.25) is 4.18 Å². The van der Waals surface area contributed by atoms with Crippen molar-refractivity contribution in [2.24, 2.45) is 0 Å². The molecule has 0 N–H and O–H groups in total. The molecule has 0 radical (unpaired) electrons. The summed E-state index contributed by atoms with van der Waals surface area (Å²) in [6, 6.07) is 3.80. The van der Waals surface area contributed by atoms with E-state index in [0.29, 0.717) is 3.54 Å². The number of carbonyl (C=O) groups is 1. The second kappa shape index (κ2) is 2.89. The Morgan fingerprint density at radius 2 is 2.45 bits per heavy atom. The van der Waals surface area contributed by atoms with Gasteiger partial charge in [0.15, 0.2) is 0 Å². The van der Waals surface area contributed by atoms with Gasteiger partial charge in [-0.2, -0.15) is 0 Å². The maximum absolute atomic E-state index is 11.2. The van der Waals surface area contributed by atoms with E-state index in [4.69, 9.17) is 4.42 Å². The van der Waals surface area contributed by atoms with E-state index in [-0.39, 0.29) is 0 Å². The van der Waals surface area contributed by atoms with Crippen molar-refractivity contribution in [3.63, 3.8) is 0 Å². The zero-order valence-electron chi connectivity index (χ0n) is 5.99. The predicted octanol–water partition coefficient (Wildman–Crippen LogP) is 0.659. The Bertz CT molecular complexity index is 287. The molecule has 0 atom stereocenters. The van der Waals surface area contributed by atoms with Crippen LogP contribution in [0.5, 0.6) is 0 Å². The number of allylic oxidation sites excluding steroid dienone is 2. The number of furan rings is 1. The molecule has 3 heteroatoms. The molecule has 54 valence electrons. The average Bonchev–Trinajstić information content (AvgIpc) is 2.55. The standard InChI is InChI=1S/C4H3O.C4H4O.In/c1-2-4-5-3-1;1-2-3-4-5;/h1-3H;2-3H,1H2;. The Balaban J connectivity index is 2.26. The maximum atomic E-state index is 11.2. The van der Waals surface area contributed by atoms with E-state index < -0.39 is 21.4 Å². The predicted molar refractivity (Wildman–Crippen MR) is 43.1 cm³/mol. The molecular formula is C8H7InO2. The third kappa shape index (κ3) is 1.29. The van der Waals surface area contributed by atoms with Gasteiger partial charge in [-0.1, -0.05) is 0 Å². The third-order valence-electron chi connectivity index (χ3n) is 1.88. The normalized spacial score (nSPS) is 16.4. The van der Waals surface area contributed by atoms with Crippen molar-refractivity contribution in [3.05, 3.63) is 30.5 Å². The zero-order chi connectivity index (χ0) is 7.68. The van der Waals surface area contributed by atoms with Crippen molar-refractivity contribution in [2.45, 2.75) is 4.18 Å². The van der Waals surface area contributed by atoms with Gasteiger partial charge >= 0.3 is 72.4 Å². The Morgan fingerprint density at radius 1 is 1.55 bits per heavy atom. The molecule has 1 aliphatic rings. The van der Waals surface area contributed by atoms with E-state index in [1.54, 1.807) is 12.3 Å². The summed E-state index contributed by atoms with van der Waals surface area (Å²) in [7, 11) is 0. The summed E-state index contributed by atoms with van der Waals surface area (Å²) in [6.07, 6.45) is 5.34. The number of hydrogen-bond donors (Lipinski definition) is 0. The van der Waals surface area contributed by atoms with Crippen molar-refractivity contribution in [3.8, 4) is 0 Å². The fourth-order valence-corrected chi connectivity index (χ4v) is 7.31. The van der Waals surface area contributed by atoms with Gasteiger partial charge in [0.05, 0.1) is 0 Å². The van der Waals surface area contributed by atoms with Gasteiger partial charge in [-0.25, -0.2) is 0 Å². The van der Waals surface area contributed by atoms with Gasteiger partial charge < -0.3 is 0 Å². The van der Waals surface area contributed by atoms with Crippen LogP contribution in [0.25, 0.3) is 0 Å². The molecule has 0 bridgehead atoms. The van der Waals surface area contributed by atoms with Crippen molar-refractivity contribution >= 4 is 28.5 Å². The second-order valence-corrected chi connectivity index (χ2v) is 10.4. The molecule has 0 unspecified atom stereocenters. The Hall–Kier alpha value is -0.440. The van der Waals surface area contributed by atoms with Crippen molar-refractivity contribution < 1.29 is 9.21 Å². The van der Waals surface area contributed by atoms with Crippen molar-refractivity contribution in [1.82, 2.24) is 0 Å². The molecule has 0 saturated heterocycles. The van der Waals surface area contributed by atoms with Gasteiger partial charge in [0.1, 0.15) is 0 Å². The number of rotatable bonds is 1. The van der Waals surface area contributed by atoms with Gasteiger partial charge in [0.2, 0.25) is 0 Å². The van der Waals surface area contributed by atoms with E-state index >= 15 is 0 Å². The van der Waals surface area contributed by atoms with E-state index in [9.17, 15) is 4.79 Å². The van der Waals surface area contributed by atoms with Crippen LogP contribution in [-0.2, 0) is 4.79 Å². The van der Waals surface area contributed by atoms with Gasteiger partial charge in [-0.3, -0.25) is 0 Å². The van der Waals surface area contributed by atoms with E-state index in [1.807, 2.05) is 18.2 Å². The molecule has 0 aromatic carbocycles. The third-order valence-corrected chi connectivity index (χ3v) is 9.41. The van der Waals surface area contributed by atoms with Crippen LogP contribution in [0, 0.1) is 0 Å². The first kappa shape index (κ1) is 7.22. The first-order valence-electron chi connectivity index (χ1n) is 3.62. The van der Waals surface area contributed by atoms with Crippen LogP contribution < -0.4 is 3.52 Å². The Kier molecular flexibility index (Phi) is 1.90. The molecule has 0 aliphatic carbocycles. The molecule has 2 heterocycles.